The Morgan fingerprint density at radius 2 is 1.81 bits per heavy atom. The van der Waals surface area contributed by atoms with Crippen LogP contribution < -0.4 is 4.74 Å². The molecule has 0 N–H and O–H groups in total. The Balaban J connectivity index is 1.64. The summed E-state index contributed by atoms with van der Waals surface area (Å²) in [5.74, 6) is 1.30. The molecule has 2 aliphatic rings. The van der Waals surface area contributed by atoms with Crippen LogP contribution in [0.4, 0.5) is 0 Å². The molecule has 2 bridgehead atoms. The minimum Gasteiger partial charge on any atom is -0.497 e. The van der Waals surface area contributed by atoms with Crippen LogP contribution in [0, 0.1) is 11.8 Å². The molecule has 210 valence electrons. The lowest BCUT2D eigenvalue weighted by molar-refractivity contribution is -0.0473. The van der Waals surface area contributed by atoms with Crippen molar-refractivity contribution in [2.45, 2.75) is 96.9 Å². The van der Waals surface area contributed by atoms with Crippen LogP contribution >= 0.6 is 7.82 Å². The molecule has 0 aromatic heterocycles. The molecule has 6 atom stereocenters. The highest BCUT2D eigenvalue weighted by atomic mass is 31.2. The van der Waals surface area contributed by atoms with Gasteiger partial charge in [-0.25, -0.2) is 4.57 Å². The van der Waals surface area contributed by atoms with Crippen molar-refractivity contribution in [3.05, 3.63) is 42.0 Å². The van der Waals surface area contributed by atoms with Gasteiger partial charge in [-0.05, 0) is 54.6 Å². The highest BCUT2D eigenvalue weighted by Gasteiger charge is 2.41. The summed E-state index contributed by atoms with van der Waals surface area (Å²) in [7, 11) is -3.69. The maximum Gasteiger partial charge on any atom is 0.475 e. The normalized spacial score (nSPS) is 26.8. The van der Waals surface area contributed by atoms with Crippen molar-refractivity contribution in [3.8, 4) is 5.75 Å². The molecule has 0 radical (unpaired) electrons. The molecule has 1 saturated heterocycles. The zero-order valence-electron chi connectivity index (χ0n) is 23.9. The second-order valence-electron chi connectivity index (χ2n) is 12.0. The van der Waals surface area contributed by atoms with E-state index in [9.17, 15) is 4.57 Å². The summed E-state index contributed by atoms with van der Waals surface area (Å²) in [5.41, 5.74) is 1.11. The van der Waals surface area contributed by atoms with Gasteiger partial charge in [-0.15, -0.1) is 0 Å². The molecule has 0 unspecified atom stereocenters. The van der Waals surface area contributed by atoms with Crippen molar-refractivity contribution >= 4 is 16.1 Å². The highest BCUT2D eigenvalue weighted by Crippen LogP contribution is 2.57. The highest BCUT2D eigenvalue weighted by molar-refractivity contribution is 7.48. The van der Waals surface area contributed by atoms with Gasteiger partial charge in [0.1, 0.15) is 5.75 Å². The molecule has 0 aliphatic carbocycles. The summed E-state index contributed by atoms with van der Waals surface area (Å²) < 4.78 is 47.9. The summed E-state index contributed by atoms with van der Waals surface area (Å²) in [6.45, 7) is 17.3. The molecule has 1 aromatic carbocycles. The number of phosphoric ester groups is 1. The summed E-state index contributed by atoms with van der Waals surface area (Å²) in [6, 6.07) is 8.00. The zero-order valence-corrected chi connectivity index (χ0v) is 25.8. The number of benzene rings is 1. The standard InChI is InChI=1S/C28H47O7PSi/c1-21(11-14-26-18-25-10-9-17-32-36(29,34-25)35-26)27(22(2)19-33-37(7,8)28(3,4)5)31-20-23-12-15-24(30-6)16-13-23/h9-10,12-13,15-16,21-22,25-27H,11,14,17-20H2,1-8H3/t21-,22-,25+,26+,27+,36-/m1/s1. The molecular formula is C28H47O7PSi. The Bertz CT molecular complexity index is 927. The first-order valence-electron chi connectivity index (χ1n) is 13.5. The maximum absolute atomic E-state index is 12.8. The topological polar surface area (TPSA) is 72.5 Å². The Kier molecular flexibility index (Phi) is 10.7. The number of fused-ring (bicyclic) bond motifs is 2. The summed E-state index contributed by atoms with van der Waals surface area (Å²) in [6.07, 6.45) is 5.71. The molecule has 0 spiro atoms. The van der Waals surface area contributed by atoms with Gasteiger partial charge in [0, 0.05) is 18.9 Å². The number of ether oxygens (including phenoxy) is 2. The minimum absolute atomic E-state index is 0.00106. The third kappa shape index (κ3) is 8.75. The second kappa shape index (κ2) is 12.9. The molecule has 2 aliphatic heterocycles. The van der Waals surface area contributed by atoms with Crippen molar-refractivity contribution < 1.29 is 32.0 Å². The fourth-order valence-electron chi connectivity index (χ4n) is 4.47. The fraction of sp³-hybridized carbons (Fsp3) is 0.714. The van der Waals surface area contributed by atoms with Crippen LogP contribution in [-0.4, -0.2) is 47.0 Å². The van der Waals surface area contributed by atoms with E-state index in [0.717, 1.165) is 24.2 Å². The van der Waals surface area contributed by atoms with Gasteiger partial charge in [-0.1, -0.05) is 58.9 Å². The zero-order chi connectivity index (χ0) is 27.3. The first kappa shape index (κ1) is 30.5. The lowest BCUT2D eigenvalue weighted by Crippen LogP contribution is -2.43. The number of hydrogen-bond acceptors (Lipinski definition) is 7. The van der Waals surface area contributed by atoms with Crippen molar-refractivity contribution in [2.75, 3.05) is 20.3 Å². The molecule has 0 amide bonds. The van der Waals surface area contributed by atoms with Gasteiger partial charge in [0.15, 0.2) is 8.32 Å². The second-order valence-corrected chi connectivity index (χ2v) is 18.4. The third-order valence-corrected chi connectivity index (χ3v) is 13.9. The number of rotatable bonds is 12. The van der Waals surface area contributed by atoms with Crippen molar-refractivity contribution in [1.82, 2.24) is 0 Å². The first-order chi connectivity index (χ1) is 17.3. The van der Waals surface area contributed by atoms with Crippen LogP contribution in [0.2, 0.25) is 18.1 Å². The van der Waals surface area contributed by atoms with Crippen LogP contribution in [0.15, 0.2) is 36.4 Å². The first-order valence-corrected chi connectivity index (χ1v) is 17.9. The largest absolute Gasteiger partial charge is 0.497 e. The number of phosphoric acid groups is 1. The van der Waals surface area contributed by atoms with Gasteiger partial charge in [0.25, 0.3) is 0 Å². The molecule has 1 fully saturated rings. The van der Waals surface area contributed by atoms with E-state index >= 15 is 0 Å². The average molecular weight is 555 g/mol. The lowest BCUT2D eigenvalue weighted by atomic mass is 9.88. The van der Waals surface area contributed by atoms with E-state index in [2.05, 4.69) is 47.7 Å². The van der Waals surface area contributed by atoms with Crippen molar-refractivity contribution in [3.63, 3.8) is 0 Å². The van der Waals surface area contributed by atoms with Gasteiger partial charge in [0.2, 0.25) is 0 Å². The smallest absolute Gasteiger partial charge is 0.475 e. The molecule has 0 saturated carbocycles. The predicted octanol–water partition coefficient (Wildman–Crippen LogP) is 7.52. The fourth-order valence-corrected chi connectivity index (χ4v) is 7.07. The van der Waals surface area contributed by atoms with Gasteiger partial charge >= 0.3 is 7.82 Å². The Morgan fingerprint density at radius 3 is 2.46 bits per heavy atom. The van der Waals surface area contributed by atoms with Gasteiger partial charge in [-0.3, -0.25) is 13.6 Å². The van der Waals surface area contributed by atoms with Crippen LogP contribution in [0.5, 0.6) is 5.75 Å². The Labute approximate surface area is 224 Å². The summed E-state index contributed by atoms with van der Waals surface area (Å²) in [5, 5.41) is 0.156. The van der Waals surface area contributed by atoms with Crippen molar-refractivity contribution in [2.24, 2.45) is 11.8 Å². The van der Waals surface area contributed by atoms with Crippen LogP contribution in [-0.2, 0) is 33.9 Å². The molecule has 2 heterocycles. The lowest BCUT2D eigenvalue weighted by Gasteiger charge is -2.39. The average Bonchev–Trinajstić information content (AvgIpc) is 2.97. The SMILES string of the molecule is COc1ccc(CO[C@@H]([C@H](C)CC[C@H]2C[C@@H]3C=CCO[P@@](=O)(O2)O3)[C@H](C)CO[Si](C)(C)C(C)(C)C)cc1. The van der Waals surface area contributed by atoms with Crippen LogP contribution in [0.25, 0.3) is 0 Å². The van der Waals surface area contributed by atoms with E-state index in [-0.39, 0.29) is 41.8 Å². The summed E-state index contributed by atoms with van der Waals surface area (Å²) in [4.78, 5) is 0. The number of hydrogen-bond donors (Lipinski definition) is 0. The predicted molar refractivity (Wildman–Crippen MR) is 149 cm³/mol. The van der Waals surface area contributed by atoms with Crippen LogP contribution in [0.3, 0.4) is 0 Å². The quantitative estimate of drug-likeness (QED) is 0.150. The van der Waals surface area contributed by atoms with Crippen LogP contribution in [0.1, 0.15) is 59.4 Å². The molecule has 37 heavy (non-hydrogen) atoms. The van der Waals surface area contributed by atoms with E-state index in [1.54, 1.807) is 7.11 Å². The molecule has 9 heteroatoms. The van der Waals surface area contributed by atoms with Gasteiger partial charge < -0.3 is 13.9 Å². The molecule has 7 nitrogen and oxygen atoms in total. The van der Waals surface area contributed by atoms with Gasteiger partial charge in [-0.2, -0.15) is 0 Å². The molecular weight excluding hydrogens is 507 g/mol. The maximum atomic E-state index is 12.8. The van der Waals surface area contributed by atoms with E-state index in [0.29, 0.717) is 19.6 Å². The minimum atomic E-state index is -3.49. The summed E-state index contributed by atoms with van der Waals surface area (Å²) >= 11 is 0. The molecule has 1 aromatic rings. The number of methoxy groups -OCH3 is 1. The van der Waals surface area contributed by atoms with E-state index in [1.165, 1.54) is 0 Å². The van der Waals surface area contributed by atoms with E-state index in [4.69, 9.17) is 27.5 Å². The third-order valence-electron chi connectivity index (χ3n) is 7.90. The Hall–Kier alpha value is -0.993. The van der Waals surface area contributed by atoms with E-state index < -0.39 is 16.1 Å². The molecule has 3 rings (SSSR count). The van der Waals surface area contributed by atoms with E-state index in [1.807, 2.05) is 36.4 Å². The van der Waals surface area contributed by atoms with Crippen molar-refractivity contribution in [1.29, 1.82) is 0 Å². The van der Waals surface area contributed by atoms with Gasteiger partial charge in [0.05, 0.1) is 38.6 Å². The Morgan fingerprint density at radius 1 is 1.11 bits per heavy atom. The monoisotopic (exact) mass is 554 g/mol.